The Kier molecular flexibility index (Phi) is 12.6. The predicted molar refractivity (Wildman–Crippen MR) is 168 cm³/mol. The van der Waals surface area contributed by atoms with Gasteiger partial charge in [0.05, 0.1) is 36.3 Å². The van der Waals surface area contributed by atoms with Crippen LogP contribution in [0.4, 0.5) is 34.1 Å². The number of nitrogens with zero attached hydrogens (tertiary/aromatic N) is 4. The molecule has 0 aliphatic rings. The van der Waals surface area contributed by atoms with Crippen LogP contribution >= 0.6 is 15.2 Å². The topological polar surface area (TPSA) is 164 Å². The van der Waals surface area contributed by atoms with Crippen molar-refractivity contribution in [1.82, 2.24) is 0 Å². The van der Waals surface area contributed by atoms with Crippen molar-refractivity contribution >= 4 is 49.3 Å². The van der Waals surface area contributed by atoms with Crippen LogP contribution in [0.1, 0.15) is 27.7 Å². The second-order valence-electron chi connectivity index (χ2n) is 9.10. The van der Waals surface area contributed by atoms with Gasteiger partial charge in [0.25, 0.3) is 11.4 Å². The van der Waals surface area contributed by atoms with E-state index in [1.165, 1.54) is 48.5 Å². The molecule has 0 fully saturated rings. The minimum atomic E-state index is -3.62. The Balaban J connectivity index is 2.08. The van der Waals surface area contributed by atoms with Gasteiger partial charge in [0.2, 0.25) is 0 Å². The highest BCUT2D eigenvalue weighted by atomic mass is 31.2. The zero-order valence-electron chi connectivity index (χ0n) is 24.9. The quantitative estimate of drug-likeness (QED) is 0.0737. The molecule has 0 atom stereocenters. The zero-order valence-corrected chi connectivity index (χ0v) is 26.7. The number of nitro benzene ring substituents is 2. The highest BCUT2D eigenvalue weighted by molar-refractivity contribution is 7.54. The summed E-state index contributed by atoms with van der Waals surface area (Å²) in [6.07, 6.45) is -0.358. The number of benzene rings is 3. The van der Waals surface area contributed by atoms with Crippen molar-refractivity contribution in [2.24, 2.45) is 0 Å². The first-order valence-electron chi connectivity index (χ1n) is 13.9. The molecule has 0 aliphatic heterocycles. The first kappa shape index (κ1) is 34.8. The fraction of sp³-hybridized carbons (Fsp3) is 0.357. The van der Waals surface area contributed by atoms with E-state index in [0.29, 0.717) is 22.7 Å². The van der Waals surface area contributed by atoms with E-state index < -0.39 is 25.0 Å². The molecule has 16 heteroatoms. The molecule has 14 nitrogen and oxygen atoms in total. The van der Waals surface area contributed by atoms with E-state index in [1.807, 2.05) is 0 Å². The van der Waals surface area contributed by atoms with Gasteiger partial charge in [-0.2, -0.15) is 0 Å². The zero-order chi connectivity index (χ0) is 32.3. The second kappa shape index (κ2) is 15.9. The van der Waals surface area contributed by atoms with Gasteiger partial charge in [-0.3, -0.25) is 29.4 Å². The van der Waals surface area contributed by atoms with Gasteiger partial charge in [0.1, 0.15) is 12.6 Å². The molecule has 0 aromatic heterocycles. The molecule has 3 aromatic carbocycles. The smallest absolute Gasteiger partial charge is 0.329 e. The van der Waals surface area contributed by atoms with Crippen LogP contribution in [-0.2, 0) is 27.2 Å². The van der Waals surface area contributed by atoms with Gasteiger partial charge in [-0.05, 0) is 76.2 Å². The summed E-state index contributed by atoms with van der Waals surface area (Å²) < 4.78 is 49.2. The van der Waals surface area contributed by atoms with Gasteiger partial charge < -0.3 is 27.9 Å². The number of hydrogen-bond acceptors (Lipinski definition) is 12. The Morgan fingerprint density at radius 3 is 0.955 bits per heavy atom. The van der Waals surface area contributed by atoms with Crippen molar-refractivity contribution < 1.29 is 37.1 Å². The molecule has 0 amide bonds. The standard InChI is InChI=1S/C28H36N4O10P2/c1-5-39-43(37,40-6-2)21-29(25-13-17-27(18-14-25)31(33)34)23-9-11-24(12-10-23)30(22-44(38,41-7-3)42-8-4)26-15-19-28(20-16-26)32(35)36/h9-20H,5-8,21-22H2,1-4H3. The molecule has 0 saturated heterocycles. The van der Waals surface area contributed by atoms with Crippen molar-refractivity contribution in [1.29, 1.82) is 0 Å². The third-order valence-corrected chi connectivity index (χ3v) is 10.0. The lowest BCUT2D eigenvalue weighted by Gasteiger charge is -2.31. The SMILES string of the molecule is CCOP(=O)(CN(c1ccc(N(CP(=O)(OCC)OCC)c2ccc([N+](=O)[O-])cc2)cc1)c1ccc([N+](=O)[O-])cc1)OCC. The van der Waals surface area contributed by atoms with Crippen LogP contribution < -0.4 is 9.80 Å². The predicted octanol–water partition coefficient (Wildman–Crippen LogP) is 8.23. The van der Waals surface area contributed by atoms with E-state index in [9.17, 15) is 29.4 Å². The molecule has 238 valence electrons. The average molecular weight is 651 g/mol. The van der Waals surface area contributed by atoms with Crippen LogP contribution in [0.2, 0.25) is 0 Å². The number of nitro groups is 2. The van der Waals surface area contributed by atoms with Crippen molar-refractivity contribution in [3.05, 3.63) is 93.0 Å². The molecule has 0 unspecified atom stereocenters. The third-order valence-electron chi connectivity index (χ3n) is 6.15. The number of hydrogen-bond donors (Lipinski definition) is 0. The van der Waals surface area contributed by atoms with Crippen LogP contribution in [0.5, 0.6) is 0 Å². The summed E-state index contributed by atoms with van der Waals surface area (Å²) in [6.45, 7) is 7.39. The Hall–Kier alpha value is -3.64. The number of rotatable bonds is 18. The minimum absolute atomic E-state index is 0.103. The minimum Gasteiger partial charge on any atom is -0.329 e. The van der Waals surface area contributed by atoms with Crippen LogP contribution in [0.25, 0.3) is 0 Å². The van der Waals surface area contributed by atoms with Crippen molar-refractivity contribution in [3.63, 3.8) is 0 Å². The van der Waals surface area contributed by atoms with Gasteiger partial charge >= 0.3 is 15.2 Å². The molecule has 0 radical (unpaired) electrons. The number of anilines is 4. The van der Waals surface area contributed by atoms with Crippen LogP contribution in [0.3, 0.4) is 0 Å². The molecular formula is C28H36N4O10P2. The first-order chi connectivity index (χ1) is 21.0. The maximum absolute atomic E-state index is 13.6. The fourth-order valence-corrected chi connectivity index (χ4v) is 7.71. The molecule has 0 N–H and O–H groups in total. The fourth-order valence-electron chi connectivity index (χ4n) is 4.32. The van der Waals surface area contributed by atoms with E-state index in [2.05, 4.69) is 0 Å². The normalized spacial score (nSPS) is 11.7. The lowest BCUT2D eigenvalue weighted by atomic mass is 10.2. The highest BCUT2D eigenvalue weighted by Crippen LogP contribution is 2.52. The number of non-ortho nitro benzene ring substituents is 2. The van der Waals surface area contributed by atoms with E-state index in [1.54, 1.807) is 61.8 Å². The molecular weight excluding hydrogens is 614 g/mol. The summed E-state index contributed by atoms with van der Waals surface area (Å²) in [5, 5.41) is 22.5. The Bertz CT molecular complexity index is 1360. The summed E-state index contributed by atoms with van der Waals surface area (Å²) >= 11 is 0. The van der Waals surface area contributed by atoms with Gasteiger partial charge in [-0.25, -0.2) is 0 Å². The van der Waals surface area contributed by atoms with Gasteiger partial charge in [0, 0.05) is 47.0 Å². The Labute approximate surface area is 255 Å². The molecule has 0 spiro atoms. The van der Waals surface area contributed by atoms with Crippen molar-refractivity contribution in [2.75, 3.05) is 48.8 Å². The molecule has 3 aromatic rings. The summed E-state index contributed by atoms with van der Waals surface area (Å²) in [7, 11) is -7.23. The summed E-state index contributed by atoms with van der Waals surface area (Å²) in [4.78, 5) is 24.8. The Morgan fingerprint density at radius 2 is 0.750 bits per heavy atom. The highest BCUT2D eigenvalue weighted by Gasteiger charge is 2.31. The van der Waals surface area contributed by atoms with E-state index >= 15 is 0 Å². The van der Waals surface area contributed by atoms with E-state index in [0.717, 1.165) is 0 Å². The summed E-state index contributed by atoms with van der Waals surface area (Å²) in [5.74, 6) is 0. The van der Waals surface area contributed by atoms with Gasteiger partial charge in [-0.1, -0.05) is 0 Å². The van der Waals surface area contributed by atoms with Gasteiger partial charge in [-0.15, -0.1) is 0 Å². The largest absolute Gasteiger partial charge is 0.350 e. The maximum atomic E-state index is 13.6. The van der Waals surface area contributed by atoms with Crippen LogP contribution in [0, 0.1) is 20.2 Å². The maximum Gasteiger partial charge on any atom is 0.350 e. The molecule has 3 rings (SSSR count). The molecule has 0 bridgehead atoms. The molecule has 0 aliphatic carbocycles. The molecule has 0 saturated carbocycles. The molecule has 0 heterocycles. The summed E-state index contributed by atoms with van der Waals surface area (Å²) in [6, 6.07) is 18.4. The van der Waals surface area contributed by atoms with Crippen molar-refractivity contribution in [3.8, 4) is 0 Å². The third kappa shape index (κ3) is 9.18. The monoisotopic (exact) mass is 650 g/mol. The van der Waals surface area contributed by atoms with Crippen LogP contribution in [-0.4, -0.2) is 48.8 Å². The lowest BCUT2D eigenvalue weighted by Crippen LogP contribution is -2.22. The molecule has 44 heavy (non-hydrogen) atoms. The van der Waals surface area contributed by atoms with Crippen LogP contribution in [0.15, 0.2) is 72.8 Å². The van der Waals surface area contributed by atoms with Crippen molar-refractivity contribution in [2.45, 2.75) is 27.7 Å². The first-order valence-corrected chi connectivity index (χ1v) is 17.3. The Morgan fingerprint density at radius 1 is 0.523 bits per heavy atom. The van der Waals surface area contributed by atoms with E-state index in [4.69, 9.17) is 18.1 Å². The van der Waals surface area contributed by atoms with Gasteiger partial charge in [0.15, 0.2) is 0 Å². The second-order valence-corrected chi connectivity index (χ2v) is 13.1. The average Bonchev–Trinajstić information content (AvgIpc) is 2.99. The lowest BCUT2D eigenvalue weighted by molar-refractivity contribution is -0.385. The van der Waals surface area contributed by atoms with E-state index in [-0.39, 0.29) is 50.4 Å². The summed E-state index contributed by atoms with van der Waals surface area (Å²) in [5.41, 5.74) is 1.93.